The third kappa shape index (κ3) is 9.07. The molecule has 156 valence electrons. The molecule has 0 aromatic rings. The first-order valence-electron chi connectivity index (χ1n) is 10.8. The molecule has 4 atom stereocenters. The molecule has 0 bridgehead atoms. The summed E-state index contributed by atoms with van der Waals surface area (Å²) in [5.41, 5.74) is -0.711. The highest BCUT2D eigenvalue weighted by Crippen LogP contribution is 2.36. The smallest absolute Gasteiger partial charge is 0.305 e. The number of unbranched alkanes of at least 4 members (excludes halogenated alkanes) is 3. The molecule has 4 heteroatoms. The van der Waals surface area contributed by atoms with E-state index in [2.05, 4.69) is 29.9 Å². The molecule has 1 rings (SSSR count). The van der Waals surface area contributed by atoms with E-state index in [1.54, 1.807) is 0 Å². The molecule has 4 nitrogen and oxygen atoms in total. The van der Waals surface area contributed by atoms with Gasteiger partial charge < -0.3 is 14.9 Å². The lowest BCUT2D eigenvalue weighted by atomic mass is 9.87. The van der Waals surface area contributed by atoms with Crippen molar-refractivity contribution in [2.45, 2.75) is 96.2 Å². The van der Waals surface area contributed by atoms with Crippen LogP contribution in [0.15, 0.2) is 24.3 Å². The van der Waals surface area contributed by atoms with Crippen LogP contribution in [-0.2, 0) is 9.53 Å². The van der Waals surface area contributed by atoms with Crippen LogP contribution in [0, 0.1) is 11.8 Å². The van der Waals surface area contributed by atoms with E-state index in [0.717, 1.165) is 64.2 Å². The van der Waals surface area contributed by atoms with Gasteiger partial charge in [0.1, 0.15) is 0 Å². The number of rotatable bonds is 13. The van der Waals surface area contributed by atoms with Crippen LogP contribution in [0.1, 0.15) is 84.5 Å². The number of hydrogen-bond donors (Lipinski definition) is 2. The Hall–Kier alpha value is -1.13. The summed E-state index contributed by atoms with van der Waals surface area (Å²) in [7, 11) is 1.41. The van der Waals surface area contributed by atoms with Crippen molar-refractivity contribution in [3.05, 3.63) is 24.3 Å². The molecule has 0 aliphatic heterocycles. The highest BCUT2D eigenvalue weighted by atomic mass is 16.5. The Morgan fingerprint density at radius 2 is 1.96 bits per heavy atom. The van der Waals surface area contributed by atoms with Crippen LogP contribution in [-0.4, -0.2) is 35.0 Å². The van der Waals surface area contributed by atoms with Gasteiger partial charge in [-0.05, 0) is 56.8 Å². The standard InChI is InChI=1S/C23H40O4/c1-4-6-11-17-23(26,5-2)18-16-19-14-15-21(24)20(19)12-9-7-8-10-13-22(25)27-3/h7,9,16,18-21,24,26H,4-6,8,10-15,17H2,1-3H3/b9-7+,18-16?. The molecular weight excluding hydrogens is 340 g/mol. The van der Waals surface area contributed by atoms with Crippen LogP contribution in [0.2, 0.25) is 0 Å². The second kappa shape index (κ2) is 13.1. The quantitative estimate of drug-likeness (QED) is 0.270. The zero-order chi connectivity index (χ0) is 20.1. The van der Waals surface area contributed by atoms with Gasteiger partial charge in [-0.1, -0.05) is 57.4 Å². The fourth-order valence-corrected chi connectivity index (χ4v) is 3.85. The van der Waals surface area contributed by atoms with Crippen LogP contribution in [0.25, 0.3) is 0 Å². The molecule has 0 amide bonds. The van der Waals surface area contributed by atoms with E-state index in [4.69, 9.17) is 0 Å². The Morgan fingerprint density at radius 3 is 2.63 bits per heavy atom. The number of ether oxygens (including phenoxy) is 1. The molecule has 0 spiro atoms. The van der Waals surface area contributed by atoms with Crippen molar-refractivity contribution >= 4 is 5.97 Å². The van der Waals surface area contributed by atoms with Gasteiger partial charge in [0.2, 0.25) is 0 Å². The Morgan fingerprint density at radius 1 is 1.19 bits per heavy atom. The van der Waals surface area contributed by atoms with Gasteiger partial charge in [-0.15, -0.1) is 0 Å². The van der Waals surface area contributed by atoms with Crippen LogP contribution >= 0.6 is 0 Å². The van der Waals surface area contributed by atoms with Gasteiger partial charge in [-0.2, -0.15) is 0 Å². The Balaban J connectivity index is 2.50. The number of hydrogen-bond acceptors (Lipinski definition) is 4. The van der Waals surface area contributed by atoms with Crippen LogP contribution < -0.4 is 0 Å². The number of esters is 1. The Kier molecular flexibility index (Phi) is 11.6. The predicted octanol–water partition coefficient (Wildman–Crippen LogP) is 4.94. The third-order valence-corrected chi connectivity index (χ3v) is 5.87. The van der Waals surface area contributed by atoms with E-state index in [0.29, 0.717) is 12.3 Å². The van der Waals surface area contributed by atoms with Crippen LogP contribution in [0.5, 0.6) is 0 Å². The van der Waals surface area contributed by atoms with Crippen molar-refractivity contribution < 1.29 is 19.7 Å². The summed E-state index contributed by atoms with van der Waals surface area (Å²) in [5.74, 6) is 0.376. The Bertz CT molecular complexity index is 471. The first-order valence-corrected chi connectivity index (χ1v) is 10.8. The number of carbonyl (C=O) groups excluding carboxylic acids is 1. The predicted molar refractivity (Wildman–Crippen MR) is 110 cm³/mol. The minimum Gasteiger partial charge on any atom is -0.469 e. The van der Waals surface area contributed by atoms with E-state index in [1.165, 1.54) is 7.11 Å². The maximum atomic E-state index is 11.1. The molecule has 1 aliphatic rings. The number of aliphatic hydroxyl groups excluding tert-OH is 1. The maximum absolute atomic E-state index is 11.1. The molecule has 1 aliphatic carbocycles. The minimum atomic E-state index is -0.711. The van der Waals surface area contributed by atoms with Crippen LogP contribution in [0.3, 0.4) is 0 Å². The lowest BCUT2D eigenvalue weighted by Gasteiger charge is -2.25. The van der Waals surface area contributed by atoms with Gasteiger partial charge in [0.25, 0.3) is 0 Å². The SMILES string of the molecule is CCCCCC(O)(C=CC1CCC(O)C1C/C=C/CCCC(=O)OC)CC. The summed E-state index contributed by atoms with van der Waals surface area (Å²) < 4.78 is 4.64. The summed E-state index contributed by atoms with van der Waals surface area (Å²) in [4.78, 5) is 11.1. The van der Waals surface area contributed by atoms with Crippen LogP contribution in [0.4, 0.5) is 0 Å². The zero-order valence-electron chi connectivity index (χ0n) is 17.5. The molecule has 1 fully saturated rings. The molecule has 4 unspecified atom stereocenters. The van der Waals surface area contributed by atoms with Gasteiger partial charge >= 0.3 is 5.97 Å². The van der Waals surface area contributed by atoms with Crippen molar-refractivity contribution in [1.82, 2.24) is 0 Å². The topological polar surface area (TPSA) is 66.8 Å². The van der Waals surface area contributed by atoms with Gasteiger partial charge in [0.15, 0.2) is 0 Å². The van der Waals surface area contributed by atoms with E-state index >= 15 is 0 Å². The summed E-state index contributed by atoms with van der Waals surface area (Å²) in [5, 5.41) is 21.1. The van der Waals surface area contributed by atoms with E-state index in [-0.39, 0.29) is 18.0 Å². The second-order valence-corrected chi connectivity index (χ2v) is 7.92. The zero-order valence-corrected chi connectivity index (χ0v) is 17.5. The highest BCUT2D eigenvalue weighted by Gasteiger charge is 2.33. The van der Waals surface area contributed by atoms with Crippen molar-refractivity contribution in [3.8, 4) is 0 Å². The first-order chi connectivity index (χ1) is 13.0. The first kappa shape index (κ1) is 23.9. The fraction of sp³-hybridized carbons (Fsp3) is 0.783. The van der Waals surface area contributed by atoms with E-state index in [9.17, 15) is 15.0 Å². The molecule has 1 saturated carbocycles. The summed E-state index contributed by atoms with van der Waals surface area (Å²) in [6.45, 7) is 4.21. The lowest BCUT2D eigenvalue weighted by Crippen LogP contribution is -2.25. The van der Waals surface area contributed by atoms with Gasteiger partial charge in [-0.25, -0.2) is 0 Å². The van der Waals surface area contributed by atoms with E-state index in [1.807, 2.05) is 13.0 Å². The molecule has 2 N–H and O–H groups in total. The maximum Gasteiger partial charge on any atom is 0.305 e. The van der Waals surface area contributed by atoms with Crippen molar-refractivity contribution in [2.24, 2.45) is 11.8 Å². The number of methoxy groups -OCH3 is 1. The number of aliphatic hydroxyl groups is 2. The van der Waals surface area contributed by atoms with Gasteiger partial charge in [0, 0.05) is 6.42 Å². The summed E-state index contributed by atoms with van der Waals surface area (Å²) in [6, 6.07) is 0. The monoisotopic (exact) mass is 380 g/mol. The molecule has 0 saturated heterocycles. The highest BCUT2D eigenvalue weighted by molar-refractivity contribution is 5.69. The Labute approximate surface area is 165 Å². The van der Waals surface area contributed by atoms with Crippen molar-refractivity contribution in [3.63, 3.8) is 0 Å². The average Bonchev–Trinajstić information content (AvgIpc) is 3.02. The largest absolute Gasteiger partial charge is 0.469 e. The van der Waals surface area contributed by atoms with Crippen molar-refractivity contribution in [2.75, 3.05) is 7.11 Å². The van der Waals surface area contributed by atoms with Crippen molar-refractivity contribution in [1.29, 1.82) is 0 Å². The fourth-order valence-electron chi connectivity index (χ4n) is 3.85. The van der Waals surface area contributed by atoms with Gasteiger partial charge in [-0.3, -0.25) is 4.79 Å². The summed E-state index contributed by atoms with van der Waals surface area (Å²) in [6.07, 6.45) is 17.8. The summed E-state index contributed by atoms with van der Waals surface area (Å²) >= 11 is 0. The third-order valence-electron chi connectivity index (χ3n) is 5.87. The molecular formula is C23H40O4. The van der Waals surface area contributed by atoms with Gasteiger partial charge in [0.05, 0.1) is 18.8 Å². The normalized spacial score (nSPS) is 25.3. The van der Waals surface area contributed by atoms with E-state index < -0.39 is 5.60 Å². The lowest BCUT2D eigenvalue weighted by molar-refractivity contribution is -0.140. The molecule has 0 aromatic heterocycles. The number of allylic oxidation sites excluding steroid dienone is 3. The minimum absolute atomic E-state index is 0.165. The average molecular weight is 381 g/mol. The second-order valence-electron chi connectivity index (χ2n) is 7.92. The molecule has 0 aromatic carbocycles. The molecule has 27 heavy (non-hydrogen) atoms. The molecule has 0 heterocycles. The molecule has 0 radical (unpaired) electrons. The number of carbonyl (C=O) groups is 1.